The molecule has 0 aromatic rings. The molecule has 0 spiro atoms. The lowest BCUT2D eigenvalue weighted by atomic mass is 10.1. The van der Waals surface area contributed by atoms with Gasteiger partial charge >= 0.3 is 12.1 Å². The maximum absolute atomic E-state index is 12.1. The van der Waals surface area contributed by atoms with Gasteiger partial charge in [-0.3, -0.25) is 0 Å². The Hall–Kier alpha value is -1.46. The predicted molar refractivity (Wildman–Crippen MR) is 82.3 cm³/mol. The quantitative estimate of drug-likeness (QED) is 0.867. The van der Waals surface area contributed by atoms with E-state index in [1.165, 1.54) is 0 Å². The van der Waals surface area contributed by atoms with Crippen molar-refractivity contribution in [3.05, 3.63) is 0 Å². The second-order valence-corrected chi connectivity index (χ2v) is 6.50. The van der Waals surface area contributed by atoms with Crippen LogP contribution in [0.3, 0.4) is 0 Å². The molecule has 0 saturated carbocycles. The van der Waals surface area contributed by atoms with Crippen LogP contribution in [-0.2, 0) is 4.74 Å². The van der Waals surface area contributed by atoms with Crippen LogP contribution in [-0.4, -0.2) is 60.2 Å². The molecule has 1 rings (SSSR count). The Kier molecular flexibility index (Phi) is 6.30. The Labute approximate surface area is 127 Å². The standard InChI is InChI=1S/C15H29N3O3/c1-6-17(5)13(19)16-10-9-12-8-7-11-18(12)14(20)21-15(2,3)4/h12H,6-11H2,1-5H3,(H,16,19)/t12-/m0/s1. The van der Waals surface area contributed by atoms with Gasteiger partial charge in [0.05, 0.1) is 0 Å². The van der Waals surface area contributed by atoms with Crippen molar-refractivity contribution >= 4 is 12.1 Å². The molecule has 0 aromatic heterocycles. The van der Waals surface area contributed by atoms with Gasteiger partial charge in [0, 0.05) is 32.7 Å². The second-order valence-electron chi connectivity index (χ2n) is 6.50. The molecule has 21 heavy (non-hydrogen) atoms. The van der Waals surface area contributed by atoms with E-state index in [0.717, 1.165) is 25.8 Å². The third kappa shape index (κ3) is 5.81. The smallest absolute Gasteiger partial charge is 0.410 e. The van der Waals surface area contributed by atoms with Crippen molar-refractivity contribution in [2.75, 3.05) is 26.7 Å². The van der Waals surface area contributed by atoms with Crippen LogP contribution < -0.4 is 5.32 Å². The fourth-order valence-corrected chi connectivity index (χ4v) is 2.32. The van der Waals surface area contributed by atoms with Crippen molar-refractivity contribution in [1.82, 2.24) is 15.1 Å². The lowest BCUT2D eigenvalue weighted by molar-refractivity contribution is 0.0221. The Bertz CT molecular complexity index is 366. The van der Waals surface area contributed by atoms with Gasteiger partial charge in [-0.2, -0.15) is 0 Å². The average Bonchev–Trinajstić information content (AvgIpc) is 2.84. The Morgan fingerprint density at radius 1 is 1.38 bits per heavy atom. The molecule has 6 nitrogen and oxygen atoms in total. The van der Waals surface area contributed by atoms with E-state index >= 15 is 0 Å². The van der Waals surface area contributed by atoms with Crippen molar-refractivity contribution < 1.29 is 14.3 Å². The first-order chi connectivity index (χ1) is 9.74. The molecule has 1 heterocycles. The summed E-state index contributed by atoms with van der Waals surface area (Å²) >= 11 is 0. The van der Waals surface area contributed by atoms with Gasteiger partial charge < -0.3 is 19.9 Å². The topological polar surface area (TPSA) is 61.9 Å². The van der Waals surface area contributed by atoms with Gasteiger partial charge in [0.25, 0.3) is 0 Å². The third-order valence-electron chi connectivity index (χ3n) is 3.58. The molecule has 0 aliphatic carbocycles. The van der Waals surface area contributed by atoms with E-state index in [-0.39, 0.29) is 18.2 Å². The summed E-state index contributed by atoms with van der Waals surface area (Å²) in [5, 5.41) is 2.88. The first-order valence-corrected chi connectivity index (χ1v) is 7.73. The molecule has 1 aliphatic heterocycles. The number of carbonyl (C=O) groups excluding carboxylic acids is 2. The summed E-state index contributed by atoms with van der Waals surface area (Å²) in [7, 11) is 1.76. The molecule has 1 atom stereocenters. The van der Waals surface area contributed by atoms with Crippen LogP contribution >= 0.6 is 0 Å². The number of ether oxygens (including phenoxy) is 1. The van der Waals surface area contributed by atoms with E-state index < -0.39 is 5.60 Å². The van der Waals surface area contributed by atoms with Gasteiger partial charge in [-0.05, 0) is 47.0 Å². The fourth-order valence-electron chi connectivity index (χ4n) is 2.32. The molecule has 1 fully saturated rings. The molecule has 1 saturated heterocycles. The zero-order valence-corrected chi connectivity index (χ0v) is 13.9. The molecule has 0 unspecified atom stereocenters. The Balaban J connectivity index is 2.40. The summed E-state index contributed by atoms with van der Waals surface area (Å²) < 4.78 is 5.43. The molecule has 0 aromatic carbocycles. The van der Waals surface area contributed by atoms with E-state index in [2.05, 4.69) is 5.32 Å². The summed E-state index contributed by atoms with van der Waals surface area (Å²) in [6.45, 7) is 9.54. The maximum Gasteiger partial charge on any atom is 0.410 e. The highest BCUT2D eigenvalue weighted by molar-refractivity contribution is 5.73. The summed E-state index contributed by atoms with van der Waals surface area (Å²) in [6.07, 6.45) is 2.48. The highest BCUT2D eigenvalue weighted by atomic mass is 16.6. The van der Waals surface area contributed by atoms with Gasteiger partial charge in [0.2, 0.25) is 0 Å². The van der Waals surface area contributed by atoms with E-state index in [9.17, 15) is 9.59 Å². The van der Waals surface area contributed by atoms with Gasteiger partial charge in [-0.25, -0.2) is 9.59 Å². The number of likely N-dealkylation sites (tertiary alicyclic amines) is 1. The number of hydrogen-bond acceptors (Lipinski definition) is 3. The Morgan fingerprint density at radius 2 is 2.05 bits per heavy atom. The van der Waals surface area contributed by atoms with E-state index in [0.29, 0.717) is 13.1 Å². The Morgan fingerprint density at radius 3 is 2.62 bits per heavy atom. The number of carbonyl (C=O) groups is 2. The second kappa shape index (κ2) is 7.52. The van der Waals surface area contributed by atoms with Crippen LogP contribution in [0.2, 0.25) is 0 Å². The predicted octanol–water partition coefficient (Wildman–Crippen LogP) is 2.44. The van der Waals surface area contributed by atoms with Crippen molar-refractivity contribution in [2.24, 2.45) is 0 Å². The highest BCUT2D eigenvalue weighted by Crippen LogP contribution is 2.22. The number of amides is 3. The van der Waals surface area contributed by atoms with Gasteiger partial charge in [0.1, 0.15) is 5.60 Å². The van der Waals surface area contributed by atoms with Crippen LogP contribution in [0.1, 0.15) is 47.0 Å². The van der Waals surface area contributed by atoms with Gasteiger partial charge in [-0.15, -0.1) is 0 Å². The molecule has 122 valence electrons. The SMILES string of the molecule is CCN(C)C(=O)NCC[C@@H]1CCCN1C(=O)OC(C)(C)C. The van der Waals surface area contributed by atoms with Gasteiger partial charge in [-0.1, -0.05) is 0 Å². The largest absolute Gasteiger partial charge is 0.444 e. The zero-order valence-electron chi connectivity index (χ0n) is 13.9. The van der Waals surface area contributed by atoms with Crippen molar-refractivity contribution in [1.29, 1.82) is 0 Å². The summed E-state index contributed by atoms with van der Waals surface area (Å²) in [4.78, 5) is 27.2. The summed E-state index contributed by atoms with van der Waals surface area (Å²) in [5.74, 6) is 0. The van der Waals surface area contributed by atoms with E-state index in [4.69, 9.17) is 4.74 Å². The minimum atomic E-state index is -0.470. The van der Waals surface area contributed by atoms with Crippen LogP contribution in [0.4, 0.5) is 9.59 Å². The van der Waals surface area contributed by atoms with Crippen molar-refractivity contribution in [3.63, 3.8) is 0 Å². The molecule has 6 heteroatoms. The molecular formula is C15H29N3O3. The van der Waals surface area contributed by atoms with E-state index in [1.54, 1.807) is 16.8 Å². The lowest BCUT2D eigenvalue weighted by Gasteiger charge is -2.28. The van der Waals surface area contributed by atoms with Crippen LogP contribution in [0.25, 0.3) is 0 Å². The molecule has 0 bridgehead atoms. The van der Waals surface area contributed by atoms with E-state index in [1.807, 2.05) is 27.7 Å². The molecule has 3 amide bonds. The number of nitrogens with one attached hydrogen (secondary N) is 1. The lowest BCUT2D eigenvalue weighted by Crippen LogP contribution is -2.42. The summed E-state index contributed by atoms with van der Waals surface area (Å²) in [5.41, 5.74) is -0.470. The molecule has 1 N–H and O–H groups in total. The highest BCUT2D eigenvalue weighted by Gasteiger charge is 2.31. The van der Waals surface area contributed by atoms with Crippen LogP contribution in [0.15, 0.2) is 0 Å². The number of rotatable bonds is 4. The molecular weight excluding hydrogens is 270 g/mol. The van der Waals surface area contributed by atoms with Crippen molar-refractivity contribution in [3.8, 4) is 0 Å². The molecule has 1 aliphatic rings. The monoisotopic (exact) mass is 299 g/mol. The average molecular weight is 299 g/mol. The zero-order chi connectivity index (χ0) is 16.0. The van der Waals surface area contributed by atoms with Gasteiger partial charge in [0.15, 0.2) is 0 Å². The van der Waals surface area contributed by atoms with Crippen molar-refractivity contribution in [2.45, 2.75) is 58.6 Å². The first kappa shape index (κ1) is 17.6. The summed E-state index contributed by atoms with van der Waals surface area (Å²) in [6, 6.07) is 0.0893. The molecule has 0 radical (unpaired) electrons. The van der Waals surface area contributed by atoms with Crippen LogP contribution in [0, 0.1) is 0 Å². The fraction of sp³-hybridized carbons (Fsp3) is 0.867. The normalized spacial score (nSPS) is 18.5. The minimum absolute atomic E-state index is 0.0701. The number of nitrogens with zero attached hydrogens (tertiary/aromatic N) is 2. The number of hydrogen-bond donors (Lipinski definition) is 1. The minimum Gasteiger partial charge on any atom is -0.444 e. The third-order valence-corrected chi connectivity index (χ3v) is 3.58. The number of urea groups is 1. The first-order valence-electron chi connectivity index (χ1n) is 7.73. The van der Waals surface area contributed by atoms with Crippen LogP contribution in [0.5, 0.6) is 0 Å². The maximum atomic E-state index is 12.1.